The first-order valence-electron chi connectivity index (χ1n) is 4.45. The fraction of sp³-hybridized carbons (Fsp3) is 0.273. The van der Waals surface area contributed by atoms with E-state index in [4.69, 9.17) is 0 Å². The van der Waals surface area contributed by atoms with Crippen LogP contribution in [0.1, 0.15) is 12.5 Å². The molecule has 15 heavy (non-hydrogen) atoms. The van der Waals surface area contributed by atoms with Gasteiger partial charge < -0.3 is 5.32 Å². The van der Waals surface area contributed by atoms with E-state index >= 15 is 0 Å². The molecule has 1 aromatic rings. The van der Waals surface area contributed by atoms with E-state index < -0.39 is 12.6 Å². The number of nitrogens with one attached hydrogen (secondary N) is 1. The van der Waals surface area contributed by atoms with E-state index in [0.29, 0.717) is 0 Å². The number of anilines is 1. The Bertz CT molecular complexity index is 338. The Morgan fingerprint density at radius 1 is 1.27 bits per heavy atom. The van der Waals surface area contributed by atoms with Crippen LogP contribution in [0.15, 0.2) is 36.5 Å². The van der Waals surface area contributed by atoms with Gasteiger partial charge in [-0.05, 0) is 24.6 Å². The second-order valence-corrected chi connectivity index (χ2v) is 3.39. The van der Waals surface area contributed by atoms with Crippen LogP contribution in [-0.4, -0.2) is 6.18 Å². The Morgan fingerprint density at radius 2 is 1.80 bits per heavy atom. The second-order valence-electron chi connectivity index (χ2n) is 3.39. The molecule has 0 heterocycles. The summed E-state index contributed by atoms with van der Waals surface area (Å²) in [6, 6.07) is 6.13. The van der Waals surface area contributed by atoms with Gasteiger partial charge in [-0.3, -0.25) is 0 Å². The highest BCUT2D eigenvalue weighted by Gasteiger charge is 2.27. The zero-order valence-corrected chi connectivity index (χ0v) is 8.36. The number of alkyl halides is 3. The Morgan fingerprint density at radius 3 is 2.20 bits per heavy atom. The summed E-state index contributed by atoms with van der Waals surface area (Å²) in [7, 11) is 0. The summed E-state index contributed by atoms with van der Waals surface area (Å²) in [6.45, 7) is 5.42. The maximum Gasteiger partial charge on any atom is 0.393 e. The highest BCUT2D eigenvalue weighted by molar-refractivity contribution is 5.48. The number of benzene rings is 1. The van der Waals surface area contributed by atoms with Gasteiger partial charge >= 0.3 is 6.18 Å². The first-order valence-corrected chi connectivity index (χ1v) is 4.45. The van der Waals surface area contributed by atoms with Crippen molar-refractivity contribution in [3.63, 3.8) is 0 Å². The summed E-state index contributed by atoms with van der Waals surface area (Å²) < 4.78 is 36.1. The van der Waals surface area contributed by atoms with Crippen molar-refractivity contribution in [3.05, 3.63) is 42.1 Å². The normalized spacial score (nSPS) is 11.2. The standard InChI is InChI=1S/C11H12F3N/c1-8(2)15-10-5-3-9(4-6-10)7-11(12,13)14/h3-6,15H,1,7H2,2H3. The lowest BCUT2D eigenvalue weighted by atomic mass is 10.1. The predicted molar refractivity (Wildman–Crippen MR) is 54.6 cm³/mol. The van der Waals surface area contributed by atoms with E-state index in [1.54, 1.807) is 19.1 Å². The van der Waals surface area contributed by atoms with Gasteiger partial charge in [0.1, 0.15) is 0 Å². The van der Waals surface area contributed by atoms with Crippen molar-refractivity contribution < 1.29 is 13.2 Å². The first-order chi connectivity index (χ1) is 6.87. The third kappa shape index (κ3) is 4.54. The SMILES string of the molecule is C=C(C)Nc1ccc(CC(F)(F)F)cc1. The fourth-order valence-corrected chi connectivity index (χ4v) is 1.18. The molecule has 0 unspecified atom stereocenters. The predicted octanol–water partition coefficient (Wildman–Crippen LogP) is 3.74. The molecule has 0 amide bonds. The molecule has 0 spiro atoms. The zero-order valence-electron chi connectivity index (χ0n) is 8.36. The van der Waals surface area contributed by atoms with Crippen LogP contribution in [0, 0.1) is 0 Å². The van der Waals surface area contributed by atoms with Gasteiger partial charge in [0, 0.05) is 11.4 Å². The van der Waals surface area contributed by atoms with Crippen molar-refractivity contribution in [2.75, 3.05) is 5.32 Å². The smallest absolute Gasteiger partial charge is 0.360 e. The Kier molecular flexibility index (Phi) is 3.39. The molecular formula is C11H12F3N. The summed E-state index contributed by atoms with van der Waals surface area (Å²) in [5.74, 6) is 0. The first kappa shape index (κ1) is 11.6. The van der Waals surface area contributed by atoms with E-state index in [2.05, 4.69) is 11.9 Å². The van der Waals surface area contributed by atoms with Gasteiger partial charge in [-0.2, -0.15) is 13.2 Å². The lowest BCUT2D eigenvalue weighted by Crippen LogP contribution is -2.11. The van der Waals surface area contributed by atoms with Crippen molar-refractivity contribution >= 4 is 5.69 Å². The average Bonchev–Trinajstić information content (AvgIpc) is 2.05. The van der Waals surface area contributed by atoms with E-state index in [1.165, 1.54) is 12.1 Å². The van der Waals surface area contributed by atoms with Gasteiger partial charge in [0.15, 0.2) is 0 Å². The molecule has 1 aromatic carbocycles. The van der Waals surface area contributed by atoms with Gasteiger partial charge in [-0.1, -0.05) is 18.7 Å². The fourth-order valence-electron chi connectivity index (χ4n) is 1.18. The lowest BCUT2D eigenvalue weighted by Gasteiger charge is -2.08. The van der Waals surface area contributed by atoms with Gasteiger partial charge in [0.2, 0.25) is 0 Å². The third-order valence-electron chi connectivity index (χ3n) is 1.72. The van der Waals surface area contributed by atoms with Gasteiger partial charge in [-0.25, -0.2) is 0 Å². The average molecular weight is 215 g/mol. The van der Waals surface area contributed by atoms with Crippen LogP contribution in [0.3, 0.4) is 0 Å². The number of hydrogen-bond donors (Lipinski definition) is 1. The molecule has 0 atom stereocenters. The van der Waals surface area contributed by atoms with Crippen molar-refractivity contribution in [3.8, 4) is 0 Å². The van der Waals surface area contributed by atoms with Crippen molar-refractivity contribution in [2.45, 2.75) is 19.5 Å². The number of allylic oxidation sites excluding steroid dienone is 1. The van der Waals surface area contributed by atoms with Gasteiger partial charge in [0.25, 0.3) is 0 Å². The Hall–Kier alpha value is -1.45. The molecule has 0 aliphatic heterocycles. The van der Waals surface area contributed by atoms with Crippen LogP contribution in [0.25, 0.3) is 0 Å². The molecule has 0 saturated carbocycles. The van der Waals surface area contributed by atoms with Crippen molar-refractivity contribution in [1.29, 1.82) is 0 Å². The molecule has 1 rings (SSSR count). The molecule has 82 valence electrons. The molecule has 0 aliphatic carbocycles. The molecule has 1 N–H and O–H groups in total. The number of rotatable bonds is 3. The monoisotopic (exact) mass is 215 g/mol. The molecule has 4 heteroatoms. The summed E-state index contributed by atoms with van der Waals surface area (Å²) in [5, 5.41) is 2.92. The number of halogens is 3. The zero-order chi connectivity index (χ0) is 11.5. The molecule has 0 radical (unpaired) electrons. The van der Waals surface area contributed by atoms with E-state index in [1.807, 2.05) is 0 Å². The van der Waals surface area contributed by atoms with Crippen LogP contribution in [-0.2, 0) is 6.42 Å². The van der Waals surface area contributed by atoms with Crippen molar-refractivity contribution in [1.82, 2.24) is 0 Å². The second kappa shape index (κ2) is 4.38. The molecule has 0 bridgehead atoms. The van der Waals surface area contributed by atoms with Crippen LogP contribution in [0.5, 0.6) is 0 Å². The largest absolute Gasteiger partial charge is 0.393 e. The van der Waals surface area contributed by atoms with E-state index in [9.17, 15) is 13.2 Å². The van der Waals surface area contributed by atoms with Crippen molar-refractivity contribution in [2.24, 2.45) is 0 Å². The maximum atomic E-state index is 12.0. The Labute approximate surface area is 86.6 Å². The summed E-state index contributed by atoms with van der Waals surface area (Å²) >= 11 is 0. The molecule has 0 aliphatic rings. The van der Waals surface area contributed by atoms with Gasteiger partial charge in [0.05, 0.1) is 6.42 Å². The molecule has 0 aromatic heterocycles. The third-order valence-corrected chi connectivity index (χ3v) is 1.72. The Balaban J connectivity index is 2.68. The quantitative estimate of drug-likeness (QED) is 0.809. The molecular weight excluding hydrogens is 203 g/mol. The van der Waals surface area contributed by atoms with Crippen LogP contribution >= 0.6 is 0 Å². The summed E-state index contributed by atoms with van der Waals surface area (Å²) in [5.41, 5.74) is 1.75. The minimum absolute atomic E-state index is 0.259. The van der Waals surface area contributed by atoms with Crippen LogP contribution < -0.4 is 5.32 Å². The highest BCUT2D eigenvalue weighted by atomic mass is 19.4. The minimum atomic E-state index is -4.15. The minimum Gasteiger partial charge on any atom is -0.360 e. The molecule has 0 saturated heterocycles. The highest BCUT2D eigenvalue weighted by Crippen LogP contribution is 2.22. The summed E-state index contributed by atoms with van der Waals surface area (Å²) in [4.78, 5) is 0. The van der Waals surface area contributed by atoms with Crippen LogP contribution in [0.4, 0.5) is 18.9 Å². The topological polar surface area (TPSA) is 12.0 Å². The van der Waals surface area contributed by atoms with E-state index in [0.717, 1.165) is 11.4 Å². The van der Waals surface area contributed by atoms with Gasteiger partial charge in [-0.15, -0.1) is 0 Å². The lowest BCUT2D eigenvalue weighted by molar-refractivity contribution is -0.127. The molecule has 1 nitrogen and oxygen atoms in total. The summed E-state index contributed by atoms with van der Waals surface area (Å²) in [6.07, 6.45) is -5.04. The number of hydrogen-bond acceptors (Lipinski definition) is 1. The molecule has 0 fully saturated rings. The maximum absolute atomic E-state index is 12.0. The van der Waals surface area contributed by atoms with E-state index in [-0.39, 0.29) is 5.56 Å². The van der Waals surface area contributed by atoms with Crippen LogP contribution in [0.2, 0.25) is 0 Å².